The molecule has 0 aromatic carbocycles. The third-order valence-electron chi connectivity index (χ3n) is 6.56. The molecule has 0 aromatic rings. The van der Waals surface area contributed by atoms with Gasteiger partial charge in [-0.05, 0) is 47.8 Å². The third kappa shape index (κ3) is 0.966. The monoisotopic (exact) mass is 220 g/mol. The Morgan fingerprint density at radius 3 is 2.44 bits per heavy atom. The predicted molar refractivity (Wildman–Crippen MR) is 65.1 cm³/mol. The Morgan fingerprint density at radius 1 is 1.12 bits per heavy atom. The fourth-order valence-corrected chi connectivity index (χ4v) is 5.48. The summed E-state index contributed by atoms with van der Waals surface area (Å²) in [7, 11) is 0. The number of fused-ring (bicyclic) bond motifs is 1. The van der Waals surface area contributed by atoms with Crippen LogP contribution >= 0.6 is 0 Å². The molecule has 3 atom stereocenters. The summed E-state index contributed by atoms with van der Waals surface area (Å²) in [4.78, 5) is 12.4. The lowest BCUT2D eigenvalue weighted by Crippen LogP contribution is -2.52. The lowest BCUT2D eigenvalue weighted by atomic mass is 9.49. The summed E-state index contributed by atoms with van der Waals surface area (Å²) in [6.45, 7) is 9.53. The topological polar surface area (TPSA) is 17.1 Å². The Labute approximate surface area is 99.0 Å². The largest absolute Gasteiger partial charge is 0.299 e. The molecule has 0 heterocycles. The standard InChI is InChI=1S/C15H24O/c1-13(2)7-6-11(16)12-14(3,4)10-5-8-15(12,13)9-10/h10,12H,5-9H2,1-4H3/t10?,12?,15-/m1/s1. The van der Waals surface area contributed by atoms with Crippen molar-refractivity contribution in [3.05, 3.63) is 0 Å². The molecule has 0 aromatic heterocycles. The minimum absolute atomic E-state index is 0.271. The molecule has 3 aliphatic carbocycles. The highest BCUT2D eigenvalue weighted by molar-refractivity contribution is 5.84. The van der Waals surface area contributed by atoms with Crippen LogP contribution in [-0.2, 0) is 4.79 Å². The van der Waals surface area contributed by atoms with E-state index in [1.807, 2.05) is 0 Å². The van der Waals surface area contributed by atoms with E-state index in [0.29, 0.717) is 22.5 Å². The second-order valence-corrected chi connectivity index (χ2v) is 7.70. The second-order valence-electron chi connectivity index (χ2n) is 7.70. The average molecular weight is 220 g/mol. The number of rotatable bonds is 0. The molecule has 0 aliphatic heterocycles. The highest BCUT2D eigenvalue weighted by atomic mass is 16.1. The molecule has 3 fully saturated rings. The van der Waals surface area contributed by atoms with Gasteiger partial charge in [0.1, 0.15) is 5.78 Å². The lowest BCUT2D eigenvalue weighted by molar-refractivity contribution is -0.146. The quantitative estimate of drug-likeness (QED) is 0.606. The Hall–Kier alpha value is -0.330. The third-order valence-corrected chi connectivity index (χ3v) is 6.56. The van der Waals surface area contributed by atoms with E-state index >= 15 is 0 Å². The van der Waals surface area contributed by atoms with Crippen LogP contribution < -0.4 is 0 Å². The Balaban J connectivity index is 2.14. The van der Waals surface area contributed by atoms with Crippen LogP contribution in [0.5, 0.6) is 0 Å². The van der Waals surface area contributed by atoms with Crippen molar-refractivity contribution in [2.75, 3.05) is 0 Å². The summed E-state index contributed by atoms with van der Waals surface area (Å²) < 4.78 is 0. The molecule has 3 aliphatic rings. The Kier molecular flexibility index (Phi) is 1.85. The maximum absolute atomic E-state index is 12.4. The van der Waals surface area contributed by atoms with Crippen molar-refractivity contribution in [1.29, 1.82) is 0 Å². The highest BCUT2D eigenvalue weighted by Crippen LogP contribution is 2.74. The second kappa shape index (κ2) is 2.73. The summed E-state index contributed by atoms with van der Waals surface area (Å²) in [5, 5.41) is 0. The van der Waals surface area contributed by atoms with Gasteiger partial charge in [0.2, 0.25) is 0 Å². The highest BCUT2D eigenvalue weighted by Gasteiger charge is 2.69. The average Bonchev–Trinajstić information content (AvgIpc) is 2.67. The van der Waals surface area contributed by atoms with Gasteiger partial charge in [0.05, 0.1) is 0 Å². The van der Waals surface area contributed by atoms with Gasteiger partial charge in [0, 0.05) is 12.3 Å². The van der Waals surface area contributed by atoms with Crippen molar-refractivity contribution in [1.82, 2.24) is 0 Å². The van der Waals surface area contributed by atoms with Gasteiger partial charge in [-0.2, -0.15) is 0 Å². The summed E-state index contributed by atoms with van der Waals surface area (Å²) in [6, 6.07) is 0. The maximum atomic E-state index is 12.4. The first-order valence-electron chi connectivity index (χ1n) is 6.84. The fraction of sp³-hybridized carbons (Fsp3) is 0.933. The summed E-state index contributed by atoms with van der Waals surface area (Å²) in [5.74, 6) is 1.74. The molecule has 1 heteroatoms. The van der Waals surface area contributed by atoms with Gasteiger partial charge in [-0.15, -0.1) is 0 Å². The number of hydrogen-bond acceptors (Lipinski definition) is 1. The first-order valence-corrected chi connectivity index (χ1v) is 6.84. The van der Waals surface area contributed by atoms with Gasteiger partial charge in [0.15, 0.2) is 0 Å². The minimum atomic E-state index is 0.271. The zero-order valence-corrected chi connectivity index (χ0v) is 11.1. The molecule has 3 rings (SSSR count). The molecule has 0 saturated heterocycles. The number of hydrogen-bond donors (Lipinski definition) is 0. The lowest BCUT2D eigenvalue weighted by Gasteiger charge is -2.54. The van der Waals surface area contributed by atoms with Gasteiger partial charge in [0.25, 0.3) is 0 Å². The molecular weight excluding hydrogens is 196 g/mol. The van der Waals surface area contributed by atoms with Crippen molar-refractivity contribution in [3.63, 3.8) is 0 Å². The summed E-state index contributed by atoms with van der Waals surface area (Å²) >= 11 is 0. The van der Waals surface area contributed by atoms with Gasteiger partial charge >= 0.3 is 0 Å². The zero-order chi connectivity index (χ0) is 11.8. The van der Waals surface area contributed by atoms with Crippen LogP contribution in [0, 0.1) is 28.1 Å². The molecule has 0 N–H and O–H groups in total. The molecule has 1 spiro atoms. The molecule has 0 radical (unpaired) electrons. The predicted octanol–water partition coefficient (Wildman–Crippen LogP) is 3.82. The van der Waals surface area contributed by atoms with Crippen LogP contribution in [0.3, 0.4) is 0 Å². The van der Waals surface area contributed by atoms with Crippen molar-refractivity contribution >= 4 is 5.78 Å². The number of carbonyl (C=O) groups is 1. The van der Waals surface area contributed by atoms with Crippen molar-refractivity contribution in [2.24, 2.45) is 28.1 Å². The molecular formula is C15H24O. The van der Waals surface area contributed by atoms with E-state index in [1.54, 1.807) is 0 Å². The smallest absolute Gasteiger partial charge is 0.137 e. The van der Waals surface area contributed by atoms with Crippen LogP contribution in [0.25, 0.3) is 0 Å². The number of Topliss-reactive ketones (excluding diaryl/α,β-unsaturated/α-hetero) is 1. The van der Waals surface area contributed by atoms with E-state index in [2.05, 4.69) is 27.7 Å². The van der Waals surface area contributed by atoms with Crippen LogP contribution in [-0.4, -0.2) is 5.78 Å². The van der Waals surface area contributed by atoms with Crippen LogP contribution in [0.1, 0.15) is 59.8 Å². The molecule has 90 valence electrons. The van der Waals surface area contributed by atoms with Crippen LogP contribution in [0.2, 0.25) is 0 Å². The molecule has 0 amide bonds. The van der Waals surface area contributed by atoms with E-state index in [1.165, 1.54) is 19.3 Å². The number of ketones is 1. The SMILES string of the molecule is CC1(C)C2CC[C@@]3(C2)C1C(=O)CCC3(C)C. The maximum Gasteiger partial charge on any atom is 0.137 e. The van der Waals surface area contributed by atoms with Gasteiger partial charge < -0.3 is 0 Å². The van der Waals surface area contributed by atoms with E-state index in [-0.39, 0.29) is 5.41 Å². The van der Waals surface area contributed by atoms with Gasteiger partial charge in [-0.1, -0.05) is 27.7 Å². The summed E-state index contributed by atoms with van der Waals surface area (Å²) in [5.41, 5.74) is 1.01. The normalized spacial score (nSPS) is 48.1. The van der Waals surface area contributed by atoms with E-state index in [0.717, 1.165) is 18.8 Å². The van der Waals surface area contributed by atoms with E-state index < -0.39 is 0 Å². The fourth-order valence-electron chi connectivity index (χ4n) is 5.48. The van der Waals surface area contributed by atoms with Crippen molar-refractivity contribution in [3.8, 4) is 0 Å². The first kappa shape index (κ1) is 10.8. The first-order chi connectivity index (χ1) is 7.31. The summed E-state index contributed by atoms with van der Waals surface area (Å²) in [6.07, 6.45) is 5.94. The molecule has 16 heavy (non-hydrogen) atoms. The molecule has 2 unspecified atom stereocenters. The Bertz CT molecular complexity index is 352. The van der Waals surface area contributed by atoms with Crippen LogP contribution in [0.15, 0.2) is 0 Å². The van der Waals surface area contributed by atoms with Crippen molar-refractivity contribution in [2.45, 2.75) is 59.8 Å². The van der Waals surface area contributed by atoms with Crippen LogP contribution in [0.4, 0.5) is 0 Å². The van der Waals surface area contributed by atoms with E-state index in [4.69, 9.17) is 0 Å². The van der Waals surface area contributed by atoms with E-state index in [9.17, 15) is 4.79 Å². The van der Waals surface area contributed by atoms with Crippen molar-refractivity contribution < 1.29 is 4.79 Å². The minimum Gasteiger partial charge on any atom is -0.299 e. The van der Waals surface area contributed by atoms with Gasteiger partial charge in [-0.3, -0.25) is 4.79 Å². The Morgan fingerprint density at radius 2 is 1.81 bits per heavy atom. The zero-order valence-electron chi connectivity index (χ0n) is 11.1. The molecule has 3 saturated carbocycles. The molecule has 2 bridgehead atoms. The molecule has 1 nitrogen and oxygen atoms in total. The van der Waals surface area contributed by atoms with Gasteiger partial charge in [-0.25, -0.2) is 0 Å². The number of carbonyl (C=O) groups excluding carboxylic acids is 1.